The molecule has 36 heavy (non-hydrogen) atoms. The van der Waals surface area contributed by atoms with E-state index < -0.39 is 38.4 Å². The zero-order chi connectivity index (χ0) is 26.8. The van der Waals surface area contributed by atoms with Gasteiger partial charge in [0.15, 0.2) is 15.7 Å². The van der Waals surface area contributed by atoms with Gasteiger partial charge >= 0.3 is 11.9 Å². The summed E-state index contributed by atoms with van der Waals surface area (Å²) < 4.78 is 41.7. The molecular formula is C24H34N2O9S. The van der Waals surface area contributed by atoms with Gasteiger partial charge < -0.3 is 29.9 Å². The lowest BCUT2D eigenvalue weighted by Crippen LogP contribution is -2.51. The van der Waals surface area contributed by atoms with Gasteiger partial charge in [-0.2, -0.15) is 0 Å². The predicted octanol–water partition coefficient (Wildman–Crippen LogP) is 1.76. The molecular weight excluding hydrogens is 492 g/mol. The zero-order valence-corrected chi connectivity index (χ0v) is 21.6. The maximum absolute atomic E-state index is 13.1. The summed E-state index contributed by atoms with van der Waals surface area (Å²) in [6, 6.07) is 6.67. The number of oxime groups is 1. The minimum atomic E-state index is -3.58. The molecule has 0 saturated heterocycles. The highest BCUT2D eigenvalue weighted by Crippen LogP contribution is 2.37. The number of nitrogens with zero attached hydrogens (tertiary/aromatic N) is 1. The fourth-order valence-corrected chi connectivity index (χ4v) is 5.56. The Labute approximate surface area is 211 Å². The largest absolute Gasteiger partial charge is 0.463 e. The van der Waals surface area contributed by atoms with E-state index in [0.29, 0.717) is 0 Å². The number of sulfone groups is 1. The van der Waals surface area contributed by atoms with Crippen LogP contribution < -0.4 is 5.73 Å². The van der Waals surface area contributed by atoms with E-state index in [2.05, 4.69) is 5.16 Å². The Morgan fingerprint density at radius 1 is 1.14 bits per heavy atom. The van der Waals surface area contributed by atoms with Gasteiger partial charge in [0.1, 0.15) is 5.60 Å². The third kappa shape index (κ3) is 7.52. The second kappa shape index (κ2) is 13.4. The van der Waals surface area contributed by atoms with Gasteiger partial charge in [0.05, 0.1) is 42.6 Å². The van der Waals surface area contributed by atoms with Crippen LogP contribution in [0.2, 0.25) is 0 Å². The number of hydrogen-bond acceptors (Lipinski definition) is 10. The van der Waals surface area contributed by atoms with Crippen LogP contribution in [0.5, 0.6) is 0 Å². The van der Waals surface area contributed by atoms with Gasteiger partial charge in [0, 0.05) is 0 Å². The first-order valence-corrected chi connectivity index (χ1v) is 13.3. The molecule has 0 unspecified atom stereocenters. The zero-order valence-electron chi connectivity index (χ0n) is 20.8. The summed E-state index contributed by atoms with van der Waals surface area (Å²) in [6.07, 6.45) is 1.60. The minimum absolute atomic E-state index is 0.0297. The van der Waals surface area contributed by atoms with Crippen LogP contribution in [0.4, 0.5) is 0 Å². The monoisotopic (exact) mass is 526 g/mol. The standard InChI is InChI=1S/C24H34N2O9S/c1-4-32-21(28)16-20(22(29)33-5-2)35-26-23(25)24(34-15-14-27)12-10-19(11-13-24)36(30,31)18-8-6-17(3)7-9-18/h6-9,16,19,27H,4-5,10-15H2,1-3H3,(H2,25,26)/b20-16+. The molecule has 0 bridgehead atoms. The number of esters is 2. The molecule has 0 spiro atoms. The summed E-state index contributed by atoms with van der Waals surface area (Å²) in [4.78, 5) is 29.4. The van der Waals surface area contributed by atoms with E-state index in [9.17, 15) is 23.1 Å². The SMILES string of the molecule is CCOC(=O)/C=C(/ON=C(N)C1(OCCO)CCC(S(=O)(=O)c2ccc(C)cc2)CC1)C(=O)OCC. The number of hydrogen-bond donors (Lipinski definition) is 2. The van der Waals surface area contributed by atoms with Crippen molar-refractivity contribution in [3.05, 3.63) is 41.7 Å². The van der Waals surface area contributed by atoms with Crippen LogP contribution in [0.15, 0.2) is 46.2 Å². The van der Waals surface area contributed by atoms with Crippen LogP contribution in [0, 0.1) is 6.92 Å². The molecule has 3 N–H and O–H groups in total. The Hall–Kier alpha value is -2.96. The third-order valence-electron chi connectivity index (χ3n) is 5.72. The lowest BCUT2D eigenvalue weighted by atomic mass is 9.83. The molecule has 0 aromatic heterocycles. The number of carbonyl (C=O) groups is 2. The normalized spacial score (nSPS) is 21.1. The molecule has 1 aromatic carbocycles. The van der Waals surface area contributed by atoms with E-state index in [1.807, 2.05) is 6.92 Å². The third-order valence-corrected chi connectivity index (χ3v) is 8.00. The minimum Gasteiger partial charge on any atom is -0.463 e. The molecule has 0 radical (unpaired) electrons. The van der Waals surface area contributed by atoms with Crippen LogP contribution >= 0.6 is 0 Å². The maximum Gasteiger partial charge on any atom is 0.377 e. The number of amidine groups is 1. The van der Waals surface area contributed by atoms with Crippen molar-refractivity contribution in [2.75, 3.05) is 26.4 Å². The summed E-state index contributed by atoms with van der Waals surface area (Å²) in [5.41, 5.74) is 5.92. The van der Waals surface area contributed by atoms with E-state index >= 15 is 0 Å². The van der Waals surface area contributed by atoms with E-state index in [4.69, 9.17) is 24.8 Å². The van der Waals surface area contributed by atoms with Gasteiger partial charge in [-0.1, -0.05) is 22.9 Å². The molecule has 0 aliphatic heterocycles. The van der Waals surface area contributed by atoms with E-state index in [0.717, 1.165) is 11.6 Å². The van der Waals surface area contributed by atoms with Crippen molar-refractivity contribution in [1.82, 2.24) is 0 Å². The Morgan fingerprint density at radius 2 is 1.75 bits per heavy atom. The number of aliphatic hydroxyl groups is 1. The molecule has 2 rings (SSSR count). The molecule has 200 valence electrons. The lowest BCUT2D eigenvalue weighted by molar-refractivity contribution is -0.144. The topological polar surface area (TPSA) is 164 Å². The molecule has 0 heterocycles. The second-order valence-corrected chi connectivity index (χ2v) is 10.4. The number of aliphatic hydroxyl groups excluding tert-OH is 1. The van der Waals surface area contributed by atoms with Crippen LogP contribution in [-0.4, -0.2) is 68.6 Å². The average Bonchev–Trinajstić information content (AvgIpc) is 2.85. The summed E-state index contributed by atoms with van der Waals surface area (Å²) >= 11 is 0. The van der Waals surface area contributed by atoms with Crippen molar-refractivity contribution in [3.8, 4) is 0 Å². The molecule has 12 heteroatoms. The van der Waals surface area contributed by atoms with Crippen molar-refractivity contribution in [1.29, 1.82) is 0 Å². The van der Waals surface area contributed by atoms with Gasteiger partial charge in [0.25, 0.3) is 0 Å². The summed E-state index contributed by atoms with van der Waals surface area (Å²) in [7, 11) is -3.58. The number of benzene rings is 1. The Morgan fingerprint density at radius 3 is 2.31 bits per heavy atom. The van der Waals surface area contributed by atoms with Crippen molar-refractivity contribution >= 4 is 27.6 Å². The highest BCUT2D eigenvalue weighted by atomic mass is 32.2. The Kier molecular flexibility index (Phi) is 10.9. The fraction of sp³-hybridized carbons (Fsp3) is 0.542. The van der Waals surface area contributed by atoms with Crippen LogP contribution in [0.1, 0.15) is 45.1 Å². The first kappa shape index (κ1) is 29.3. The molecule has 1 aliphatic rings. The molecule has 1 fully saturated rings. The molecule has 1 aromatic rings. The van der Waals surface area contributed by atoms with E-state index in [1.54, 1.807) is 38.1 Å². The second-order valence-electron chi connectivity index (χ2n) is 8.17. The van der Waals surface area contributed by atoms with Crippen LogP contribution in [-0.2, 0) is 38.5 Å². The molecule has 0 atom stereocenters. The quantitative estimate of drug-likeness (QED) is 0.102. The van der Waals surface area contributed by atoms with E-state index in [1.165, 1.54) is 0 Å². The molecule has 0 amide bonds. The first-order chi connectivity index (χ1) is 17.1. The maximum atomic E-state index is 13.1. The van der Waals surface area contributed by atoms with Crippen molar-refractivity contribution in [2.45, 2.75) is 62.2 Å². The van der Waals surface area contributed by atoms with Gasteiger partial charge in [-0.15, -0.1) is 0 Å². The number of carbonyl (C=O) groups excluding carboxylic acids is 2. The highest BCUT2D eigenvalue weighted by Gasteiger charge is 2.44. The van der Waals surface area contributed by atoms with E-state index in [-0.39, 0.29) is 62.8 Å². The van der Waals surface area contributed by atoms with Gasteiger partial charge in [0.2, 0.25) is 5.76 Å². The highest BCUT2D eigenvalue weighted by molar-refractivity contribution is 7.92. The van der Waals surface area contributed by atoms with Gasteiger partial charge in [-0.05, 0) is 58.6 Å². The number of nitrogens with two attached hydrogens (primary N) is 1. The molecule has 1 aliphatic carbocycles. The predicted molar refractivity (Wildman–Crippen MR) is 130 cm³/mol. The van der Waals surface area contributed by atoms with Gasteiger partial charge in [-0.3, -0.25) is 0 Å². The van der Waals surface area contributed by atoms with Crippen LogP contribution in [0.3, 0.4) is 0 Å². The number of ether oxygens (including phenoxy) is 3. The molecule has 11 nitrogen and oxygen atoms in total. The summed E-state index contributed by atoms with van der Waals surface area (Å²) in [5.74, 6) is -2.48. The van der Waals surface area contributed by atoms with Crippen molar-refractivity contribution in [2.24, 2.45) is 10.9 Å². The average molecular weight is 527 g/mol. The number of aryl methyl sites for hydroxylation is 1. The van der Waals surface area contributed by atoms with Crippen LogP contribution in [0.25, 0.3) is 0 Å². The van der Waals surface area contributed by atoms with Crippen molar-refractivity contribution in [3.63, 3.8) is 0 Å². The lowest BCUT2D eigenvalue weighted by Gasteiger charge is -2.38. The fourth-order valence-electron chi connectivity index (χ4n) is 3.80. The summed E-state index contributed by atoms with van der Waals surface area (Å²) in [6.45, 7) is 4.81. The Balaban J connectivity index is 2.24. The van der Waals surface area contributed by atoms with Gasteiger partial charge in [-0.25, -0.2) is 18.0 Å². The van der Waals surface area contributed by atoms with Crippen molar-refractivity contribution < 1.29 is 42.2 Å². The summed E-state index contributed by atoms with van der Waals surface area (Å²) in [5, 5.41) is 12.4. The number of rotatable bonds is 12. The smallest absolute Gasteiger partial charge is 0.377 e. The first-order valence-electron chi connectivity index (χ1n) is 11.7. The molecule has 1 saturated carbocycles. The Bertz CT molecular complexity index is 1060.